The average Bonchev–Trinajstić information content (AvgIpc) is 3.35. The third kappa shape index (κ3) is 5.84. The molecule has 2 aromatic carbocycles. The number of nitrogens with zero attached hydrogens (tertiary/aromatic N) is 4. The summed E-state index contributed by atoms with van der Waals surface area (Å²) in [6, 6.07) is 10.4. The van der Waals surface area contributed by atoms with E-state index in [9.17, 15) is 4.39 Å². The lowest BCUT2D eigenvalue weighted by Gasteiger charge is -2.35. The number of hydrazone groups is 1. The van der Waals surface area contributed by atoms with Crippen LogP contribution in [0.15, 0.2) is 67.1 Å². The van der Waals surface area contributed by atoms with Gasteiger partial charge in [-0.1, -0.05) is 25.3 Å². The van der Waals surface area contributed by atoms with E-state index in [1.54, 1.807) is 30.7 Å². The number of benzene rings is 2. The van der Waals surface area contributed by atoms with E-state index in [2.05, 4.69) is 33.5 Å². The van der Waals surface area contributed by atoms with Gasteiger partial charge in [0.05, 0.1) is 17.9 Å². The molecule has 0 spiro atoms. The van der Waals surface area contributed by atoms with E-state index < -0.39 is 0 Å². The second-order valence-corrected chi connectivity index (χ2v) is 9.55. The van der Waals surface area contributed by atoms with Crippen LogP contribution in [0.4, 0.5) is 20.2 Å². The predicted octanol–water partition coefficient (Wildman–Crippen LogP) is 4.68. The van der Waals surface area contributed by atoms with Crippen LogP contribution in [0.1, 0.15) is 36.3 Å². The zero-order valence-corrected chi connectivity index (χ0v) is 21.1. The summed E-state index contributed by atoms with van der Waals surface area (Å²) < 4.78 is 29.1. The molecule has 3 N–H and O–H groups in total. The third-order valence-corrected chi connectivity index (χ3v) is 7.07. The summed E-state index contributed by atoms with van der Waals surface area (Å²) in [4.78, 5) is 6.31. The van der Waals surface area contributed by atoms with Crippen LogP contribution >= 0.6 is 12.2 Å². The number of nitrogens with one attached hydrogen (secondary N) is 1. The van der Waals surface area contributed by atoms with Crippen molar-refractivity contribution in [2.45, 2.75) is 31.2 Å². The Kier molecular flexibility index (Phi) is 8.20. The molecule has 0 aromatic heterocycles. The highest BCUT2D eigenvalue weighted by atomic mass is 32.1. The van der Waals surface area contributed by atoms with E-state index in [0.717, 1.165) is 43.6 Å². The number of anilines is 2. The standard InChI is InChI=1S/C27H32F2N6S/c1-3-33(4-2)23-10-13-35(18-23)25-16-26(24(29)15-21(25)17-31-32-27(30)36)34-11-8-19(9-12-34)20-6-5-7-22(28)14-20/h3-7,14-17,19,23H,1-2,8-13,18H2,(H3,30,32,36)/b31-17+/t23-/m1/s1. The highest BCUT2D eigenvalue weighted by Gasteiger charge is 2.29. The molecule has 4 rings (SSSR count). The molecule has 2 aromatic rings. The Hall–Kier alpha value is -3.46. The maximum atomic E-state index is 15.4. The Morgan fingerprint density at radius 3 is 2.44 bits per heavy atom. The number of hydrogen-bond acceptors (Lipinski definition) is 5. The van der Waals surface area contributed by atoms with Crippen LogP contribution in [0, 0.1) is 11.6 Å². The first-order valence-corrected chi connectivity index (χ1v) is 12.5. The Morgan fingerprint density at radius 1 is 1.06 bits per heavy atom. The molecule has 0 bridgehead atoms. The van der Waals surface area contributed by atoms with Crippen molar-refractivity contribution in [3.8, 4) is 0 Å². The number of nitrogens with two attached hydrogens (primary N) is 1. The molecule has 190 valence electrons. The largest absolute Gasteiger partial charge is 0.375 e. The monoisotopic (exact) mass is 510 g/mol. The molecule has 0 unspecified atom stereocenters. The number of hydrogen-bond donors (Lipinski definition) is 2. The number of rotatable bonds is 8. The maximum absolute atomic E-state index is 15.4. The van der Waals surface area contributed by atoms with Gasteiger partial charge in [-0.25, -0.2) is 8.78 Å². The lowest BCUT2D eigenvalue weighted by atomic mass is 9.89. The SMILES string of the molecule is C=CN(C=C)[C@@H]1CCN(c2cc(N3CCC(c4cccc(F)c4)CC3)c(F)cc2/C=N/NC(N)=S)C1. The Morgan fingerprint density at radius 2 is 1.78 bits per heavy atom. The minimum absolute atomic E-state index is 0.0416. The molecule has 2 fully saturated rings. The summed E-state index contributed by atoms with van der Waals surface area (Å²) in [6.07, 6.45) is 7.68. The molecule has 0 aliphatic carbocycles. The van der Waals surface area contributed by atoms with Crippen LogP contribution < -0.4 is 21.0 Å². The Labute approximate surface area is 216 Å². The summed E-state index contributed by atoms with van der Waals surface area (Å²) >= 11 is 4.82. The topological polar surface area (TPSA) is 60.1 Å². The van der Waals surface area contributed by atoms with Crippen molar-refractivity contribution in [3.63, 3.8) is 0 Å². The van der Waals surface area contributed by atoms with Crippen molar-refractivity contribution in [2.24, 2.45) is 10.8 Å². The molecular formula is C27H32F2N6S. The van der Waals surface area contributed by atoms with Crippen LogP contribution in [0.2, 0.25) is 0 Å². The smallest absolute Gasteiger partial charge is 0.184 e. The first-order chi connectivity index (χ1) is 17.4. The van der Waals surface area contributed by atoms with Crippen molar-refractivity contribution in [1.82, 2.24) is 10.3 Å². The van der Waals surface area contributed by atoms with Gasteiger partial charge in [-0.2, -0.15) is 5.10 Å². The fraction of sp³-hybridized carbons (Fsp3) is 0.333. The van der Waals surface area contributed by atoms with Gasteiger partial charge < -0.3 is 20.4 Å². The second-order valence-electron chi connectivity index (χ2n) is 9.11. The molecule has 1 atom stereocenters. The van der Waals surface area contributed by atoms with Gasteiger partial charge >= 0.3 is 0 Å². The molecule has 0 saturated carbocycles. The van der Waals surface area contributed by atoms with Gasteiger partial charge in [0, 0.05) is 37.4 Å². The first kappa shape index (κ1) is 25.6. The maximum Gasteiger partial charge on any atom is 0.184 e. The van der Waals surface area contributed by atoms with Crippen LogP contribution in [-0.2, 0) is 0 Å². The van der Waals surface area contributed by atoms with Gasteiger partial charge in [-0.05, 0) is 79.6 Å². The van der Waals surface area contributed by atoms with E-state index in [1.807, 2.05) is 17.0 Å². The number of thiocarbonyl (C=S) groups is 1. The lowest BCUT2D eigenvalue weighted by Crippen LogP contribution is -2.34. The van der Waals surface area contributed by atoms with E-state index in [-0.39, 0.29) is 28.7 Å². The van der Waals surface area contributed by atoms with Crippen LogP contribution in [0.5, 0.6) is 0 Å². The highest BCUT2D eigenvalue weighted by Crippen LogP contribution is 2.36. The van der Waals surface area contributed by atoms with Crippen molar-refractivity contribution < 1.29 is 8.78 Å². The Bertz CT molecular complexity index is 1140. The van der Waals surface area contributed by atoms with E-state index in [4.69, 9.17) is 18.0 Å². The summed E-state index contributed by atoms with van der Waals surface area (Å²) in [5.41, 5.74) is 11.1. The van der Waals surface area contributed by atoms with Crippen molar-refractivity contribution in [1.29, 1.82) is 0 Å². The summed E-state index contributed by atoms with van der Waals surface area (Å²) in [6.45, 7) is 10.7. The second kappa shape index (κ2) is 11.5. The fourth-order valence-electron chi connectivity index (χ4n) is 5.14. The predicted molar refractivity (Wildman–Crippen MR) is 147 cm³/mol. The molecule has 2 aliphatic rings. The van der Waals surface area contributed by atoms with E-state index in [0.29, 0.717) is 24.3 Å². The number of halogens is 2. The zero-order chi connectivity index (χ0) is 25.7. The molecule has 6 nitrogen and oxygen atoms in total. The van der Waals surface area contributed by atoms with Gasteiger partial charge in [0.1, 0.15) is 11.6 Å². The Balaban J connectivity index is 1.58. The fourth-order valence-corrected chi connectivity index (χ4v) is 5.19. The van der Waals surface area contributed by atoms with Gasteiger partial charge in [-0.3, -0.25) is 5.43 Å². The third-order valence-electron chi connectivity index (χ3n) is 6.98. The molecule has 2 aliphatic heterocycles. The number of piperidine rings is 1. The molecule has 0 radical (unpaired) electrons. The summed E-state index contributed by atoms with van der Waals surface area (Å²) in [7, 11) is 0. The molecule has 9 heteroatoms. The van der Waals surface area contributed by atoms with Crippen molar-refractivity contribution in [2.75, 3.05) is 36.0 Å². The van der Waals surface area contributed by atoms with Gasteiger partial charge in [0.15, 0.2) is 5.11 Å². The average molecular weight is 511 g/mol. The zero-order valence-electron chi connectivity index (χ0n) is 20.2. The molecule has 2 heterocycles. The minimum atomic E-state index is -0.311. The van der Waals surface area contributed by atoms with Gasteiger partial charge in [-0.15, -0.1) is 0 Å². The summed E-state index contributed by atoms with van der Waals surface area (Å²) in [5.74, 6) is -0.266. The van der Waals surface area contributed by atoms with Crippen LogP contribution in [0.25, 0.3) is 0 Å². The normalized spacial score (nSPS) is 18.4. The molecule has 36 heavy (non-hydrogen) atoms. The summed E-state index contributed by atoms with van der Waals surface area (Å²) in [5, 5.41) is 4.11. The lowest BCUT2D eigenvalue weighted by molar-refractivity contribution is 0.393. The highest BCUT2D eigenvalue weighted by molar-refractivity contribution is 7.80. The molecular weight excluding hydrogens is 478 g/mol. The minimum Gasteiger partial charge on any atom is -0.375 e. The van der Waals surface area contributed by atoms with Crippen molar-refractivity contribution in [3.05, 3.63) is 84.7 Å². The molecule has 0 amide bonds. The van der Waals surface area contributed by atoms with Crippen LogP contribution in [0.3, 0.4) is 0 Å². The molecule has 2 saturated heterocycles. The van der Waals surface area contributed by atoms with Crippen LogP contribution in [-0.4, -0.2) is 48.4 Å². The quantitative estimate of drug-likeness (QED) is 0.306. The van der Waals surface area contributed by atoms with E-state index in [1.165, 1.54) is 12.1 Å². The first-order valence-electron chi connectivity index (χ1n) is 12.1. The van der Waals surface area contributed by atoms with Gasteiger partial charge in [0.2, 0.25) is 0 Å². The van der Waals surface area contributed by atoms with Crippen molar-refractivity contribution >= 4 is 34.9 Å². The van der Waals surface area contributed by atoms with E-state index >= 15 is 4.39 Å². The van der Waals surface area contributed by atoms with Gasteiger partial charge in [0.25, 0.3) is 0 Å².